The molecular weight excluding hydrogens is 348 g/mol. The third kappa shape index (κ3) is 2.81. The lowest BCUT2D eigenvalue weighted by molar-refractivity contribution is -0.139. The molecule has 0 N–H and O–H groups in total. The summed E-state index contributed by atoms with van der Waals surface area (Å²) in [7, 11) is 0. The van der Waals surface area contributed by atoms with Crippen LogP contribution in [0, 0.1) is 0 Å². The van der Waals surface area contributed by atoms with Crippen molar-refractivity contribution in [3.05, 3.63) is 44.3 Å². The molecule has 23 heavy (non-hydrogen) atoms. The van der Waals surface area contributed by atoms with Crippen LogP contribution in [0.1, 0.15) is 21.4 Å². The minimum Gasteiger partial charge on any atom is -0.329 e. The van der Waals surface area contributed by atoms with Crippen molar-refractivity contribution in [2.75, 3.05) is 24.7 Å². The summed E-state index contributed by atoms with van der Waals surface area (Å²) >= 11 is 5.04. The molecule has 0 aromatic carbocycles. The molecule has 0 bridgehead atoms. The van der Waals surface area contributed by atoms with Crippen molar-refractivity contribution < 1.29 is 9.59 Å². The van der Waals surface area contributed by atoms with Gasteiger partial charge in [0.25, 0.3) is 0 Å². The molecule has 4 nitrogen and oxygen atoms in total. The summed E-state index contributed by atoms with van der Waals surface area (Å²) in [5.41, 5.74) is 1.25. The predicted molar refractivity (Wildman–Crippen MR) is 94.9 cm³/mol. The summed E-state index contributed by atoms with van der Waals surface area (Å²) < 4.78 is 0. The Kier molecular flexibility index (Phi) is 4.17. The van der Waals surface area contributed by atoms with E-state index in [0.29, 0.717) is 11.6 Å². The van der Waals surface area contributed by atoms with E-state index in [1.807, 2.05) is 11.0 Å². The zero-order valence-corrected chi connectivity index (χ0v) is 14.9. The van der Waals surface area contributed by atoms with E-state index in [2.05, 4.69) is 22.9 Å². The quantitative estimate of drug-likeness (QED) is 0.841. The van der Waals surface area contributed by atoms with Gasteiger partial charge in [0.1, 0.15) is 6.54 Å². The lowest BCUT2D eigenvalue weighted by Gasteiger charge is -2.36. The number of carbonyl (C=O) groups excluding carboxylic acids is 2. The molecule has 1 atom stereocenters. The zero-order valence-electron chi connectivity index (χ0n) is 12.4. The van der Waals surface area contributed by atoms with Gasteiger partial charge in [-0.2, -0.15) is 0 Å². The van der Waals surface area contributed by atoms with Crippen LogP contribution in [-0.2, 0) is 16.0 Å². The summed E-state index contributed by atoms with van der Waals surface area (Å²) in [6.07, 6.45) is 0.906. The highest BCUT2D eigenvalue weighted by molar-refractivity contribution is 8.00. The van der Waals surface area contributed by atoms with E-state index in [-0.39, 0.29) is 24.4 Å². The molecule has 0 saturated carbocycles. The Labute approximate surface area is 147 Å². The summed E-state index contributed by atoms with van der Waals surface area (Å²) in [4.78, 5) is 30.9. The van der Waals surface area contributed by atoms with E-state index < -0.39 is 0 Å². The van der Waals surface area contributed by atoms with E-state index in [4.69, 9.17) is 0 Å². The standard InChI is InChI=1S/C16H16N2O2S3/c19-14(8-17-10-21-9-15(17)20)18-5-3-12-11(4-7-23-12)16(18)13-2-1-6-22-13/h1-2,4,6-7,16H,3,5,8-10H2/t16-/m1/s1. The van der Waals surface area contributed by atoms with Gasteiger partial charge in [-0.05, 0) is 34.9 Å². The number of thiophene rings is 2. The smallest absolute Gasteiger partial charge is 0.243 e. The summed E-state index contributed by atoms with van der Waals surface area (Å²) in [5.74, 6) is 1.25. The fourth-order valence-corrected chi connectivity index (χ4v) is 5.80. The lowest BCUT2D eigenvalue weighted by Crippen LogP contribution is -2.45. The number of thioether (sulfide) groups is 1. The molecule has 0 aliphatic carbocycles. The van der Waals surface area contributed by atoms with E-state index in [9.17, 15) is 9.59 Å². The molecule has 2 aliphatic rings. The Morgan fingerprint density at radius 3 is 2.91 bits per heavy atom. The molecule has 7 heteroatoms. The normalized spacial score (nSPS) is 20.9. The number of nitrogens with zero attached hydrogens (tertiary/aromatic N) is 2. The third-order valence-electron chi connectivity index (χ3n) is 4.25. The van der Waals surface area contributed by atoms with Crippen LogP contribution in [0.15, 0.2) is 29.0 Å². The highest BCUT2D eigenvalue weighted by atomic mass is 32.2. The first-order chi connectivity index (χ1) is 11.2. The fourth-order valence-electron chi connectivity index (χ4n) is 3.13. The molecule has 0 radical (unpaired) electrons. The Morgan fingerprint density at radius 2 is 2.17 bits per heavy atom. The minimum absolute atomic E-state index is 0.00265. The van der Waals surface area contributed by atoms with Gasteiger partial charge < -0.3 is 9.80 Å². The van der Waals surface area contributed by atoms with Gasteiger partial charge in [0.15, 0.2) is 0 Å². The van der Waals surface area contributed by atoms with Crippen molar-refractivity contribution in [1.29, 1.82) is 0 Å². The number of rotatable bonds is 3. The maximum atomic E-state index is 12.9. The first kappa shape index (κ1) is 15.2. The van der Waals surface area contributed by atoms with Crippen LogP contribution in [0.25, 0.3) is 0 Å². The van der Waals surface area contributed by atoms with Crippen molar-refractivity contribution in [3.63, 3.8) is 0 Å². The highest BCUT2D eigenvalue weighted by Crippen LogP contribution is 2.39. The molecule has 2 amide bonds. The molecule has 2 aliphatic heterocycles. The van der Waals surface area contributed by atoms with Crippen LogP contribution in [0.2, 0.25) is 0 Å². The largest absolute Gasteiger partial charge is 0.329 e. The lowest BCUT2D eigenvalue weighted by atomic mass is 9.98. The summed E-state index contributed by atoms with van der Waals surface area (Å²) in [6.45, 7) is 0.928. The Hall–Kier alpha value is -1.31. The Morgan fingerprint density at radius 1 is 1.26 bits per heavy atom. The van der Waals surface area contributed by atoms with Crippen molar-refractivity contribution >= 4 is 46.2 Å². The minimum atomic E-state index is 0.00265. The monoisotopic (exact) mass is 364 g/mol. The number of amides is 2. The van der Waals surface area contributed by atoms with Crippen LogP contribution in [0.4, 0.5) is 0 Å². The third-order valence-corrected chi connectivity index (χ3v) is 7.12. The SMILES string of the molecule is O=C1CSCN1CC(=O)N1CCc2sccc2[C@@H]1c1cccs1. The Bertz CT molecular complexity index is 726. The number of hydrogen-bond donors (Lipinski definition) is 0. The van der Waals surface area contributed by atoms with Crippen LogP contribution >= 0.6 is 34.4 Å². The predicted octanol–water partition coefficient (Wildman–Crippen LogP) is 2.82. The molecule has 4 rings (SSSR count). The summed E-state index contributed by atoms with van der Waals surface area (Å²) in [5, 5.41) is 4.17. The zero-order chi connectivity index (χ0) is 15.8. The van der Waals surface area contributed by atoms with Gasteiger partial charge in [0.2, 0.25) is 11.8 Å². The van der Waals surface area contributed by atoms with E-state index in [1.165, 1.54) is 15.3 Å². The van der Waals surface area contributed by atoms with Gasteiger partial charge in [-0.1, -0.05) is 6.07 Å². The van der Waals surface area contributed by atoms with Crippen molar-refractivity contribution in [3.8, 4) is 0 Å². The second-order valence-corrected chi connectivity index (χ2v) is 8.56. The number of fused-ring (bicyclic) bond motifs is 1. The van der Waals surface area contributed by atoms with E-state index in [1.54, 1.807) is 39.3 Å². The van der Waals surface area contributed by atoms with Crippen molar-refractivity contribution in [1.82, 2.24) is 9.80 Å². The molecule has 1 saturated heterocycles. The van der Waals surface area contributed by atoms with Gasteiger partial charge in [-0.3, -0.25) is 9.59 Å². The highest BCUT2D eigenvalue weighted by Gasteiger charge is 2.35. The van der Waals surface area contributed by atoms with Gasteiger partial charge >= 0.3 is 0 Å². The molecule has 0 unspecified atom stereocenters. The van der Waals surface area contributed by atoms with E-state index >= 15 is 0 Å². The topological polar surface area (TPSA) is 40.6 Å². The maximum absolute atomic E-state index is 12.9. The Balaban J connectivity index is 1.61. The van der Waals surface area contributed by atoms with Crippen molar-refractivity contribution in [2.45, 2.75) is 12.5 Å². The van der Waals surface area contributed by atoms with Crippen LogP contribution in [0.5, 0.6) is 0 Å². The summed E-state index contributed by atoms with van der Waals surface area (Å²) in [6, 6.07) is 6.27. The van der Waals surface area contributed by atoms with Crippen LogP contribution in [-0.4, -0.2) is 46.3 Å². The number of hydrogen-bond acceptors (Lipinski definition) is 5. The van der Waals surface area contributed by atoms with Crippen LogP contribution in [0.3, 0.4) is 0 Å². The molecular formula is C16H16N2O2S3. The fraction of sp³-hybridized carbons (Fsp3) is 0.375. The van der Waals surface area contributed by atoms with E-state index in [0.717, 1.165) is 13.0 Å². The molecule has 2 aromatic rings. The molecule has 1 fully saturated rings. The first-order valence-corrected chi connectivity index (χ1v) is 10.4. The average Bonchev–Trinajstić information content (AvgIpc) is 3.28. The van der Waals surface area contributed by atoms with Gasteiger partial charge in [0.05, 0.1) is 17.7 Å². The molecule has 0 spiro atoms. The molecule has 2 aromatic heterocycles. The second kappa shape index (κ2) is 6.30. The first-order valence-electron chi connectivity index (χ1n) is 7.48. The van der Waals surface area contributed by atoms with Crippen molar-refractivity contribution in [2.24, 2.45) is 0 Å². The second-order valence-electron chi connectivity index (χ2n) is 5.62. The number of carbonyl (C=O) groups is 2. The van der Waals surface area contributed by atoms with Gasteiger partial charge in [0, 0.05) is 16.3 Å². The van der Waals surface area contributed by atoms with Gasteiger partial charge in [-0.15, -0.1) is 34.4 Å². The van der Waals surface area contributed by atoms with Gasteiger partial charge in [-0.25, -0.2) is 0 Å². The maximum Gasteiger partial charge on any atom is 0.243 e. The average molecular weight is 365 g/mol. The molecule has 4 heterocycles. The van der Waals surface area contributed by atoms with Crippen LogP contribution < -0.4 is 0 Å². The molecule has 120 valence electrons.